The van der Waals surface area contributed by atoms with Crippen LogP contribution < -0.4 is 19.1 Å². The Morgan fingerprint density at radius 3 is 2.62 bits per heavy atom. The van der Waals surface area contributed by atoms with Crippen molar-refractivity contribution in [1.29, 1.82) is 0 Å². The summed E-state index contributed by atoms with van der Waals surface area (Å²) in [4.78, 5) is 13.0. The average molecular weight is 501 g/mol. The first-order valence-corrected chi connectivity index (χ1v) is 12.6. The van der Waals surface area contributed by atoms with Gasteiger partial charge in [-0.3, -0.25) is 9.10 Å². The van der Waals surface area contributed by atoms with Crippen LogP contribution >= 0.6 is 11.6 Å². The third kappa shape index (κ3) is 5.13. The number of carbonyl (C=O) groups is 1. The number of ether oxygens (including phenoxy) is 2. The van der Waals surface area contributed by atoms with Gasteiger partial charge in [0.1, 0.15) is 18.1 Å². The number of halogens is 1. The number of sulfonamides is 1. The minimum Gasteiger partial charge on any atom is -0.491 e. The van der Waals surface area contributed by atoms with Crippen molar-refractivity contribution in [2.75, 3.05) is 24.0 Å². The number of benzene rings is 3. The highest BCUT2D eigenvalue weighted by atomic mass is 35.5. The molecule has 1 atom stereocenters. The van der Waals surface area contributed by atoms with Crippen molar-refractivity contribution >= 4 is 33.2 Å². The lowest BCUT2D eigenvalue weighted by Crippen LogP contribution is -2.51. The third-order valence-electron chi connectivity index (χ3n) is 5.40. The second kappa shape index (κ2) is 9.95. The van der Waals surface area contributed by atoms with Crippen molar-refractivity contribution < 1.29 is 22.7 Å². The van der Waals surface area contributed by atoms with Crippen LogP contribution in [0.15, 0.2) is 71.6 Å². The molecular formula is C25H25ClN2O5S. The van der Waals surface area contributed by atoms with Gasteiger partial charge >= 0.3 is 0 Å². The molecule has 9 heteroatoms. The van der Waals surface area contributed by atoms with Crippen LogP contribution in [0.3, 0.4) is 0 Å². The highest BCUT2D eigenvalue weighted by Gasteiger charge is 2.37. The van der Waals surface area contributed by atoms with E-state index in [4.69, 9.17) is 21.1 Å². The van der Waals surface area contributed by atoms with Gasteiger partial charge in [0.2, 0.25) is 0 Å². The number of rotatable bonds is 7. The Kier molecular flexibility index (Phi) is 7.00. The van der Waals surface area contributed by atoms with E-state index < -0.39 is 22.0 Å². The van der Waals surface area contributed by atoms with Gasteiger partial charge in [0.25, 0.3) is 15.9 Å². The van der Waals surface area contributed by atoms with Gasteiger partial charge in [-0.25, -0.2) is 8.42 Å². The van der Waals surface area contributed by atoms with Crippen LogP contribution in [0.4, 0.5) is 5.69 Å². The molecule has 1 aliphatic heterocycles. The van der Waals surface area contributed by atoms with Crippen LogP contribution in [0.25, 0.3) is 0 Å². The van der Waals surface area contributed by atoms with Gasteiger partial charge in [0.15, 0.2) is 6.10 Å². The molecule has 0 bridgehead atoms. The molecular weight excluding hydrogens is 476 g/mol. The highest BCUT2D eigenvalue weighted by Crippen LogP contribution is 2.38. The average Bonchev–Trinajstić information content (AvgIpc) is 2.82. The molecule has 0 spiro atoms. The molecule has 0 saturated carbocycles. The largest absolute Gasteiger partial charge is 0.491 e. The fourth-order valence-corrected chi connectivity index (χ4v) is 5.37. The summed E-state index contributed by atoms with van der Waals surface area (Å²) in [6, 6.07) is 18.6. The number of hydrogen-bond acceptors (Lipinski definition) is 5. The topological polar surface area (TPSA) is 84.9 Å². The van der Waals surface area contributed by atoms with E-state index in [1.54, 1.807) is 30.3 Å². The van der Waals surface area contributed by atoms with Crippen molar-refractivity contribution in [2.24, 2.45) is 0 Å². The zero-order valence-corrected chi connectivity index (χ0v) is 20.4. The van der Waals surface area contributed by atoms with Crippen LogP contribution in [0.2, 0.25) is 5.02 Å². The summed E-state index contributed by atoms with van der Waals surface area (Å²) in [5.41, 5.74) is 2.45. The first-order valence-electron chi connectivity index (χ1n) is 10.8. The van der Waals surface area contributed by atoms with Gasteiger partial charge in [0, 0.05) is 5.02 Å². The van der Waals surface area contributed by atoms with Gasteiger partial charge in [-0.1, -0.05) is 47.5 Å². The molecule has 3 aromatic rings. The highest BCUT2D eigenvalue weighted by molar-refractivity contribution is 7.92. The van der Waals surface area contributed by atoms with Gasteiger partial charge in [-0.2, -0.15) is 0 Å². The molecule has 0 aromatic heterocycles. The predicted molar refractivity (Wildman–Crippen MR) is 131 cm³/mol. The second-order valence-corrected chi connectivity index (χ2v) is 10.3. The van der Waals surface area contributed by atoms with Crippen LogP contribution in [0.5, 0.6) is 11.5 Å². The molecule has 0 aliphatic carbocycles. The Bertz CT molecular complexity index is 1300. The number of nitrogens with one attached hydrogen (secondary N) is 1. The molecule has 1 amide bonds. The van der Waals surface area contributed by atoms with Crippen molar-refractivity contribution in [1.82, 2.24) is 5.32 Å². The van der Waals surface area contributed by atoms with E-state index in [-0.39, 0.29) is 30.3 Å². The fourth-order valence-electron chi connectivity index (χ4n) is 3.72. The van der Waals surface area contributed by atoms with Gasteiger partial charge in [0.05, 0.1) is 23.7 Å². The van der Waals surface area contributed by atoms with Crippen molar-refractivity contribution in [2.45, 2.75) is 24.8 Å². The van der Waals surface area contributed by atoms with E-state index in [1.165, 1.54) is 22.5 Å². The summed E-state index contributed by atoms with van der Waals surface area (Å²) < 4.78 is 39.5. The molecule has 34 heavy (non-hydrogen) atoms. The van der Waals surface area contributed by atoms with E-state index >= 15 is 0 Å². The Morgan fingerprint density at radius 1 is 1.12 bits per heavy atom. The molecule has 1 heterocycles. The van der Waals surface area contributed by atoms with Crippen molar-refractivity contribution in [3.63, 3.8) is 0 Å². The van der Waals surface area contributed by atoms with E-state index in [0.29, 0.717) is 10.7 Å². The normalized spacial score (nSPS) is 15.3. The lowest BCUT2D eigenvalue weighted by molar-refractivity contribution is -0.127. The number of fused-ring (bicyclic) bond motifs is 1. The maximum Gasteiger partial charge on any atom is 0.264 e. The summed E-state index contributed by atoms with van der Waals surface area (Å²) in [5, 5.41) is 3.13. The third-order valence-corrected chi connectivity index (χ3v) is 7.43. The Morgan fingerprint density at radius 2 is 1.88 bits per heavy atom. The number of carbonyl (C=O) groups excluding carboxylic acids is 1. The minimum atomic E-state index is -3.94. The number of amides is 1. The Labute approximate surface area is 204 Å². The number of anilines is 1. The molecule has 7 nitrogen and oxygen atoms in total. The molecule has 4 rings (SSSR count). The van der Waals surface area contributed by atoms with Gasteiger partial charge in [-0.05, 0) is 55.8 Å². The van der Waals surface area contributed by atoms with E-state index in [2.05, 4.69) is 5.32 Å². The summed E-state index contributed by atoms with van der Waals surface area (Å²) in [6.07, 6.45) is -1.03. The standard InChI is InChI=1S/C25H25ClN2O5S/c1-17-8-10-22(18(2)14-17)32-13-12-27-25(29)24-16-28(21-15-19(26)9-11-23(21)33-24)34(30,31)20-6-4-3-5-7-20/h3-11,14-15,24H,12-13,16H2,1-2H3,(H,27,29)/t24-/m1/s1. The number of nitrogens with zero attached hydrogens (tertiary/aromatic N) is 1. The molecule has 0 unspecified atom stereocenters. The molecule has 0 saturated heterocycles. The molecule has 1 N–H and O–H groups in total. The van der Waals surface area contributed by atoms with Crippen LogP contribution in [-0.4, -0.2) is 40.1 Å². The molecule has 0 fully saturated rings. The smallest absolute Gasteiger partial charge is 0.264 e. The number of hydrogen-bond donors (Lipinski definition) is 1. The summed E-state index contributed by atoms with van der Waals surface area (Å²) in [7, 11) is -3.94. The molecule has 1 aliphatic rings. The molecule has 0 radical (unpaired) electrons. The van der Waals surface area contributed by atoms with Gasteiger partial charge < -0.3 is 14.8 Å². The fraction of sp³-hybridized carbons (Fsp3) is 0.240. The molecule has 178 valence electrons. The number of aryl methyl sites for hydroxylation is 2. The quantitative estimate of drug-likeness (QED) is 0.493. The Balaban J connectivity index is 1.47. The zero-order chi connectivity index (χ0) is 24.3. The SMILES string of the molecule is Cc1ccc(OCCNC(=O)[C@H]2CN(S(=O)(=O)c3ccccc3)c3cc(Cl)ccc3O2)c(C)c1. The minimum absolute atomic E-state index is 0.115. The van der Waals surface area contributed by atoms with Crippen LogP contribution in [0, 0.1) is 13.8 Å². The first-order chi connectivity index (χ1) is 16.3. The first kappa shape index (κ1) is 23.9. The maximum absolute atomic E-state index is 13.4. The zero-order valence-electron chi connectivity index (χ0n) is 18.8. The second-order valence-electron chi connectivity index (χ2n) is 7.98. The predicted octanol–water partition coefficient (Wildman–Crippen LogP) is 4.11. The van der Waals surface area contributed by atoms with Gasteiger partial charge in [-0.15, -0.1) is 0 Å². The lowest BCUT2D eigenvalue weighted by Gasteiger charge is -2.34. The Hall–Kier alpha value is -3.23. The monoisotopic (exact) mass is 500 g/mol. The summed E-state index contributed by atoms with van der Waals surface area (Å²) in [6.45, 7) is 4.29. The summed E-state index contributed by atoms with van der Waals surface area (Å²) in [5.74, 6) is 0.583. The molecule has 3 aromatic carbocycles. The van der Waals surface area contributed by atoms with Crippen molar-refractivity contribution in [3.05, 3.63) is 82.9 Å². The van der Waals surface area contributed by atoms with E-state index in [1.807, 2.05) is 32.0 Å². The van der Waals surface area contributed by atoms with Crippen LogP contribution in [0.1, 0.15) is 11.1 Å². The van der Waals surface area contributed by atoms with Crippen molar-refractivity contribution in [3.8, 4) is 11.5 Å². The van der Waals surface area contributed by atoms with Crippen LogP contribution in [-0.2, 0) is 14.8 Å². The lowest BCUT2D eigenvalue weighted by atomic mass is 10.1. The van der Waals surface area contributed by atoms with E-state index in [0.717, 1.165) is 16.9 Å². The van der Waals surface area contributed by atoms with E-state index in [9.17, 15) is 13.2 Å². The summed E-state index contributed by atoms with van der Waals surface area (Å²) >= 11 is 6.12. The maximum atomic E-state index is 13.4.